The maximum Gasteiger partial charge on any atom is 0.333 e. The Labute approximate surface area is 263 Å². The lowest BCUT2D eigenvalue weighted by Gasteiger charge is -2.27. The van der Waals surface area contributed by atoms with Crippen molar-refractivity contribution in [2.75, 3.05) is 13.2 Å². The summed E-state index contributed by atoms with van der Waals surface area (Å²) in [5, 5.41) is 0. The van der Waals surface area contributed by atoms with Crippen molar-refractivity contribution in [1.29, 1.82) is 0 Å². The summed E-state index contributed by atoms with van der Waals surface area (Å²) in [6.07, 6.45) is 31.3. The van der Waals surface area contributed by atoms with Gasteiger partial charge in [-0.25, -0.2) is 4.79 Å². The molecule has 0 aliphatic rings. The molecule has 0 aromatic heterocycles. The van der Waals surface area contributed by atoms with Gasteiger partial charge in [0.1, 0.15) is 6.10 Å². The normalized spacial score (nSPS) is 14.4. The Kier molecular flexibility index (Phi) is 29.5. The van der Waals surface area contributed by atoms with Crippen molar-refractivity contribution >= 4 is 5.97 Å². The molecule has 0 heterocycles. The lowest BCUT2D eigenvalue weighted by molar-refractivity contribution is -0.148. The van der Waals surface area contributed by atoms with Crippen molar-refractivity contribution in [3.63, 3.8) is 0 Å². The van der Waals surface area contributed by atoms with Crippen molar-refractivity contribution in [2.45, 2.75) is 208 Å². The lowest BCUT2D eigenvalue weighted by Crippen LogP contribution is -2.29. The Morgan fingerprint density at radius 2 is 0.929 bits per heavy atom. The monoisotopic (exact) mass is 595 g/mol. The highest BCUT2D eigenvalue weighted by Gasteiger charge is 2.19. The summed E-state index contributed by atoms with van der Waals surface area (Å²) in [6, 6.07) is 0. The van der Waals surface area contributed by atoms with Crippen molar-refractivity contribution < 1.29 is 19.0 Å². The van der Waals surface area contributed by atoms with E-state index < -0.39 is 0 Å². The van der Waals surface area contributed by atoms with Crippen LogP contribution in [0.1, 0.15) is 189 Å². The molecule has 0 radical (unpaired) electrons. The van der Waals surface area contributed by atoms with Crippen LogP contribution < -0.4 is 0 Å². The predicted molar refractivity (Wildman–Crippen MR) is 182 cm³/mol. The molecule has 0 saturated carbocycles. The summed E-state index contributed by atoms with van der Waals surface area (Å²) in [5.74, 6) is 0.215. The summed E-state index contributed by atoms with van der Waals surface area (Å²) in [4.78, 5) is 11.7. The molecule has 0 N–H and O–H groups in total. The second kappa shape index (κ2) is 30.2. The Morgan fingerprint density at radius 1 is 0.548 bits per heavy atom. The van der Waals surface area contributed by atoms with Crippen LogP contribution in [0.3, 0.4) is 0 Å². The Bertz CT molecular complexity index is 604. The Balaban J connectivity index is 4.33. The van der Waals surface area contributed by atoms with E-state index in [1.54, 1.807) is 6.92 Å². The number of ether oxygens (including phenoxy) is 3. The van der Waals surface area contributed by atoms with Crippen LogP contribution in [-0.2, 0) is 19.0 Å². The smallest absolute Gasteiger partial charge is 0.333 e. The minimum atomic E-state index is -0.359. The van der Waals surface area contributed by atoms with Crippen LogP contribution in [0, 0.1) is 5.92 Å². The third kappa shape index (κ3) is 26.7. The molecule has 4 heteroatoms. The lowest BCUT2D eigenvalue weighted by atomic mass is 9.92. The third-order valence-corrected chi connectivity index (χ3v) is 8.56. The van der Waals surface area contributed by atoms with Gasteiger partial charge in [0.2, 0.25) is 0 Å². The van der Waals surface area contributed by atoms with Gasteiger partial charge < -0.3 is 14.2 Å². The average molecular weight is 595 g/mol. The van der Waals surface area contributed by atoms with E-state index in [1.807, 2.05) is 6.92 Å². The zero-order valence-corrected chi connectivity index (χ0v) is 29.3. The fourth-order valence-electron chi connectivity index (χ4n) is 5.61. The van der Waals surface area contributed by atoms with E-state index in [4.69, 9.17) is 14.2 Å². The van der Waals surface area contributed by atoms with Crippen molar-refractivity contribution in [3.8, 4) is 0 Å². The highest BCUT2D eigenvalue weighted by atomic mass is 16.6. The Hall–Kier alpha value is -0.870. The van der Waals surface area contributed by atoms with Gasteiger partial charge in [0, 0.05) is 5.57 Å². The molecule has 0 aliphatic heterocycles. The number of esters is 1. The van der Waals surface area contributed by atoms with Gasteiger partial charge in [-0.2, -0.15) is 0 Å². The van der Waals surface area contributed by atoms with Gasteiger partial charge >= 0.3 is 5.97 Å². The zero-order chi connectivity index (χ0) is 31.3. The predicted octanol–water partition coefficient (Wildman–Crippen LogP) is 11.9. The number of rotatable bonds is 32. The van der Waals surface area contributed by atoms with E-state index in [-0.39, 0.29) is 18.2 Å². The molecule has 0 bridgehead atoms. The first-order valence-corrected chi connectivity index (χ1v) is 18.4. The van der Waals surface area contributed by atoms with Gasteiger partial charge in [0.05, 0.1) is 25.4 Å². The molecule has 0 aliphatic carbocycles. The SMILES string of the molecule is C=C(C)C(=O)OC(C)COC(C)COC(CCCCCCCCCCCCCCC)C(C)CCCCCCCCCC. The summed E-state index contributed by atoms with van der Waals surface area (Å²) in [6.45, 7) is 17.2. The summed E-state index contributed by atoms with van der Waals surface area (Å²) >= 11 is 0. The molecule has 4 atom stereocenters. The van der Waals surface area contributed by atoms with Gasteiger partial charge in [-0.05, 0) is 39.5 Å². The maximum absolute atomic E-state index is 11.7. The van der Waals surface area contributed by atoms with Crippen LogP contribution in [0.15, 0.2) is 12.2 Å². The van der Waals surface area contributed by atoms with E-state index >= 15 is 0 Å². The van der Waals surface area contributed by atoms with Gasteiger partial charge in [-0.3, -0.25) is 0 Å². The quantitative estimate of drug-likeness (QED) is 0.0441. The zero-order valence-electron chi connectivity index (χ0n) is 29.3. The number of carbonyl (C=O) groups excluding carboxylic acids is 1. The number of carbonyl (C=O) groups is 1. The summed E-state index contributed by atoms with van der Waals surface area (Å²) < 4.78 is 17.8. The molecular formula is C38H74O4. The molecule has 4 nitrogen and oxygen atoms in total. The minimum Gasteiger partial charge on any atom is -0.457 e. The molecule has 250 valence electrons. The summed E-state index contributed by atoms with van der Waals surface area (Å²) in [5.41, 5.74) is 0.416. The Morgan fingerprint density at radius 3 is 1.36 bits per heavy atom. The topological polar surface area (TPSA) is 44.8 Å². The van der Waals surface area contributed by atoms with E-state index in [0.29, 0.717) is 30.8 Å². The van der Waals surface area contributed by atoms with E-state index in [2.05, 4.69) is 34.3 Å². The van der Waals surface area contributed by atoms with Crippen LogP contribution in [0.4, 0.5) is 0 Å². The molecule has 0 aromatic rings. The van der Waals surface area contributed by atoms with E-state index in [0.717, 1.165) is 6.42 Å². The van der Waals surface area contributed by atoms with Crippen molar-refractivity contribution in [3.05, 3.63) is 12.2 Å². The fraction of sp³-hybridized carbons (Fsp3) is 0.921. The van der Waals surface area contributed by atoms with Gasteiger partial charge in [-0.15, -0.1) is 0 Å². The standard InChI is InChI=1S/C38H74O4/c1-8-10-12-14-16-18-19-20-21-22-24-26-28-30-37(34(5)29-27-25-23-17-15-13-11-9-2)41-31-35(6)40-32-36(7)42-38(39)33(3)4/h34-37H,3,8-32H2,1-2,4-7H3. The van der Waals surface area contributed by atoms with Gasteiger partial charge in [0.25, 0.3) is 0 Å². The number of hydrogen-bond acceptors (Lipinski definition) is 4. The van der Waals surface area contributed by atoms with Crippen LogP contribution in [0.2, 0.25) is 0 Å². The third-order valence-electron chi connectivity index (χ3n) is 8.56. The second-order valence-electron chi connectivity index (χ2n) is 13.3. The van der Waals surface area contributed by atoms with Crippen LogP contribution >= 0.6 is 0 Å². The molecule has 4 unspecified atom stereocenters. The highest BCUT2D eigenvalue weighted by molar-refractivity contribution is 5.87. The molecule has 0 saturated heterocycles. The first kappa shape index (κ1) is 41.1. The van der Waals surface area contributed by atoms with Crippen molar-refractivity contribution in [2.24, 2.45) is 5.92 Å². The second-order valence-corrected chi connectivity index (χ2v) is 13.3. The first-order chi connectivity index (χ1) is 20.3. The molecule has 42 heavy (non-hydrogen) atoms. The van der Waals surface area contributed by atoms with Gasteiger partial charge in [-0.1, -0.05) is 162 Å². The molecule has 0 spiro atoms. The van der Waals surface area contributed by atoms with Gasteiger partial charge in [0.15, 0.2) is 0 Å². The van der Waals surface area contributed by atoms with Crippen molar-refractivity contribution in [1.82, 2.24) is 0 Å². The van der Waals surface area contributed by atoms with Crippen LogP contribution in [0.25, 0.3) is 0 Å². The molecule has 0 aromatic carbocycles. The highest BCUT2D eigenvalue weighted by Crippen LogP contribution is 2.23. The largest absolute Gasteiger partial charge is 0.457 e. The average Bonchev–Trinajstić information content (AvgIpc) is 2.97. The first-order valence-electron chi connectivity index (χ1n) is 18.4. The molecule has 0 fully saturated rings. The summed E-state index contributed by atoms with van der Waals surface area (Å²) in [7, 11) is 0. The number of hydrogen-bond donors (Lipinski definition) is 0. The minimum absolute atomic E-state index is 0.0274. The fourth-order valence-corrected chi connectivity index (χ4v) is 5.61. The van der Waals surface area contributed by atoms with E-state index in [9.17, 15) is 4.79 Å². The van der Waals surface area contributed by atoms with Crippen LogP contribution in [-0.4, -0.2) is 37.5 Å². The molecular weight excluding hydrogens is 520 g/mol. The van der Waals surface area contributed by atoms with Crippen LogP contribution in [0.5, 0.6) is 0 Å². The number of unbranched alkanes of at least 4 members (excludes halogenated alkanes) is 19. The molecule has 0 rings (SSSR count). The maximum atomic E-state index is 11.7. The molecule has 0 amide bonds. The van der Waals surface area contributed by atoms with E-state index in [1.165, 1.54) is 141 Å².